The zero-order valence-corrected chi connectivity index (χ0v) is 16.6. The maximum absolute atomic E-state index is 12.2. The number of halogens is 1. The molecule has 0 saturated carbocycles. The Labute approximate surface area is 168 Å². The molecule has 0 aliphatic carbocycles. The average molecular weight is 416 g/mol. The van der Waals surface area contributed by atoms with Gasteiger partial charge in [0.05, 0.1) is 11.4 Å². The van der Waals surface area contributed by atoms with Crippen molar-refractivity contribution < 1.29 is 4.79 Å². The lowest BCUT2D eigenvalue weighted by molar-refractivity contribution is -0.113. The quantitative estimate of drug-likeness (QED) is 0.384. The molecule has 0 radical (unpaired) electrons. The molecule has 0 aliphatic rings. The summed E-state index contributed by atoms with van der Waals surface area (Å²) >= 11 is 8.96. The Hall–Kier alpha value is -2.42. The molecule has 1 amide bonds. The van der Waals surface area contributed by atoms with Crippen LogP contribution in [0.15, 0.2) is 53.1 Å². The molecular formula is C18H14ClN5OS2. The number of amides is 1. The first-order chi connectivity index (χ1) is 13.1. The standard InChI is InChI=1S/C18H14ClN5OS2/c1-24-17(12-9-26-14-7-3-2-5-11(12)14)22-23-18(24)27-10-15(25)21-13-6-4-8-20-16(13)19/h2-9H,10H2,1H3,(H,21,25). The minimum absolute atomic E-state index is 0.180. The number of hydrogen-bond donors (Lipinski definition) is 1. The third-order valence-electron chi connectivity index (χ3n) is 3.92. The highest BCUT2D eigenvalue weighted by atomic mass is 35.5. The van der Waals surface area contributed by atoms with Gasteiger partial charge >= 0.3 is 0 Å². The maximum atomic E-state index is 12.2. The highest BCUT2D eigenvalue weighted by Gasteiger charge is 2.16. The molecule has 0 saturated heterocycles. The third-order valence-corrected chi connectivity index (χ3v) is 6.21. The van der Waals surface area contributed by atoms with E-state index < -0.39 is 0 Å². The van der Waals surface area contributed by atoms with Gasteiger partial charge in [0, 0.05) is 34.3 Å². The highest BCUT2D eigenvalue weighted by Crippen LogP contribution is 2.33. The van der Waals surface area contributed by atoms with Gasteiger partial charge in [-0.3, -0.25) is 4.79 Å². The van der Waals surface area contributed by atoms with E-state index in [1.165, 1.54) is 16.5 Å². The predicted octanol–water partition coefficient (Wildman–Crippen LogP) is 4.48. The molecule has 0 bridgehead atoms. The summed E-state index contributed by atoms with van der Waals surface area (Å²) in [5, 5.41) is 15.5. The van der Waals surface area contributed by atoms with Gasteiger partial charge in [-0.25, -0.2) is 4.98 Å². The second kappa shape index (κ2) is 7.67. The van der Waals surface area contributed by atoms with Crippen LogP contribution in [-0.4, -0.2) is 31.4 Å². The number of fused-ring (bicyclic) bond motifs is 1. The number of carbonyl (C=O) groups is 1. The van der Waals surface area contributed by atoms with E-state index in [2.05, 4.69) is 38.0 Å². The Morgan fingerprint density at radius 2 is 2.11 bits per heavy atom. The molecule has 0 unspecified atom stereocenters. The molecule has 4 aromatic rings. The fourth-order valence-electron chi connectivity index (χ4n) is 2.62. The molecular weight excluding hydrogens is 402 g/mol. The maximum Gasteiger partial charge on any atom is 0.234 e. The first-order valence-electron chi connectivity index (χ1n) is 8.02. The van der Waals surface area contributed by atoms with Gasteiger partial charge < -0.3 is 9.88 Å². The van der Waals surface area contributed by atoms with Gasteiger partial charge in [0.2, 0.25) is 5.91 Å². The molecule has 0 aliphatic heterocycles. The Bertz CT molecular complexity index is 1120. The number of thioether (sulfide) groups is 1. The number of thiophene rings is 1. The summed E-state index contributed by atoms with van der Waals surface area (Å²) in [5.74, 6) is 0.799. The molecule has 9 heteroatoms. The van der Waals surface area contributed by atoms with Crippen LogP contribution in [-0.2, 0) is 11.8 Å². The van der Waals surface area contributed by atoms with E-state index in [0.29, 0.717) is 10.8 Å². The number of aromatic nitrogens is 4. The van der Waals surface area contributed by atoms with Gasteiger partial charge in [-0.1, -0.05) is 41.6 Å². The number of hydrogen-bond acceptors (Lipinski definition) is 6. The predicted molar refractivity (Wildman–Crippen MR) is 110 cm³/mol. The lowest BCUT2D eigenvalue weighted by atomic mass is 10.2. The van der Waals surface area contributed by atoms with E-state index >= 15 is 0 Å². The van der Waals surface area contributed by atoms with Crippen molar-refractivity contribution in [3.8, 4) is 11.4 Å². The number of rotatable bonds is 5. The summed E-state index contributed by atoms with van der Waals surface area (Å²) in [6.07, 6.45) is 1.57. The lowest BCUT2D eigenvalue weighted by Gasteiger charge is -2.06. The second-order valence-corrected chi connectivity index (χ2v) is 7.90. The monoisotopic (exact) mass is 415 g/mol. The van der Waals surface area contributed by atoms with Gasteiger partial charge in [-0.15, -0.1) is 21.5 Å². The van der Waals surface area contributed by atoms with E-state index in [4.69, 9.17) is 11.6 Å². The zero-order valence-electron chi connectivity index (χ0n) is 14.2. The number of nitrogens with one attached hydrogen (secondary N) is 1. The van der Waals surface area contributed by atoms with Crippen LogP contribution in [0.25, 0.3) is 21.5 Å². The van der Waals surface area contributed by atoms with Crippen molar-refractivity contribution in [1.82, 2.24) is 19.7 Å². The molecule has 1 N–H and O–H groups in total. The van der Waals surface area contributed by atoms with Crippen LogP contribution in [0.5, 0.6) is 0 Å². The van der Waals surface area contributed by atoms with Crippen molar-refractivity contribution in [3.05, 3.63) is 53.1 Å². The summed E-state index contributed by atoms with van der Waals surface area (Å²) in [6.45, 7) is 0. The summed E-state index contributed by atoms with van der Waals surface area (Å²) in [5.41, 5.74) is 1.54. The van der Waals surface area contributed by atoms with Crippen LogP contribution >= 0.6 is 34.7 Å². The summed E-state index contributed by atoms with van der Waals surface area (Å²) in [6, 6.07) is 11.6. The summed E-state index contributed by atoms with van der Waals surface area (Å²) in [4.78, 5) is 16.1. The van der Waals surface area contributed by atoms with Gasteiger partial charge in [0.25, 0.3) is 0 Å². The van der Waals surface area contributed by atoms with Crippen LogP contribution in [0.4, 0.5) is 5.69 Å². The minimum Gasteiger partial charge on any atom is -0.323 e. The van der Waals surface area contributed by atoms with Crippen LogP contribution in [0.2, 0.25) is 5.15 Å². The van der Waals surface area contributed by atoms with Crippen LogP contribution in [0.3, 0.4) is 0 Å². The number of pyridine rings is 1. The normalized spacial score (nSPS) is 11.0. The smallest absolute Gasteiger partial charge is 0.234 e. The molecule has 0 spiro atoms. The Morgan fingerprint density at radius 1 is 1.26 bits per heavy atom. The average Bonchev–Trinajstić information content (AvgIpc) is 3.25. The topological polar surface area (TPSA) is 72.7 Å². The van der Waals surface area contributed by atoms with Gasteiger partial charge in [-0.2, -0.15) is 0 Å². The van der Waals surface area contributed by atoms with Crippen molar-refractivity contribution >= 4 is 56.4 Å². The van der Waals surface area contributed by atoms with E-state index in [9.17, 15) is 4.79 Å². The lowest BCUT2D eigenvalue weighted by Crippen LogP contribution is -2.15. The first-order valence-corrected chi connectivity index (χ1v) is 10.3. The van der Waals surface area contributed by atoms with E-state index in [0.717, 1.165) is 16.8 Å². The third kappa shape index (κ3) is 3.69. The van der Waals surface area contributed by atoms with Gasteiger partial charge in [0.15, 0.2) is 16.1 Å². The van der Waals surface area contributed by atoms with E-state index in [1.807, 2.05) is 23.7 Å². The first kappa shape index (κ1) is 18.0. The molecule has 3 aromatic heterocycles. The molecule has 0 atom stereocenters. The van der Waals surface area contributed by atoms with Crippen molar-refractivity contribution in [2.24, 2.45) is 7.05 Å². The van der Waals surface area contributed by atoms with Crippen LogP contribution < -0.4 is 5.32 Å². The molecule has 4 rings (SSSR count). The molecule has 6 nitrogen and oxygen atoms in total. The van der Waals surface area contributed by atoms with Crippen LogP contribution in [0.1, 0.15) is 0 Å². The number of nitrogens with zero attached hydrogens (tertiary/aromatic N) is 4. The molecule has 0 fully saturated rings. The largest absolute Gasteiger partial charge is 0.323 e. The van der Waals surface area contributed by atoms with Gasteiger partial charge in [-0.05, 0) is 18.2 Å². The fourth-order valence-corrected chi connectivity index (χ4v) is 4.44. The second-order valence-electron chi connectivity index (χ2n) is 5.69. The molecule has 3 heterocycles. The molecule has 136 valence electrons. The SMILES string of the molecule is Cn1c(SCC(=O)Nc2cccnc2Cl)nnc1-c1csc2ccccc12. The number of benzene rings is 1. The van der Waals surface area contributed by atoms with Crippen molar-refractivity contribution in [1.29, 1.82) is 0 Å². The zero-order chi connectivity index (χ0) is 18.8. The van der Waals surface area contributed by atoms with Gasteiger partial charge in [0.1, 0.15) is 0 Å². The fraction of sp³-hybridized carbons (Fsp3) is 0.111. The Balaban J connectivity index is 1.48. The Morgan fingerprint density at radius 3 is 2.96 bits per heavy atom. The Kier molecular flexibility index (Phi) is 5.11. The van der Waals surface area contributed by atoms with Crippen LogP contribution in [0, 0.1) is 0 Å². The summed E-state index contributed by atoms with van der Waals surface area (Å²) in [7, 11) is 1.90. The van der Waals surface area contributed by atoms with E-state index in [-0.39, 0.29) is 16.8 Å². The van der Waals surface area contributed by atoms with Crippen molar-refractivity contribution in [2.45, 2.75) is 5.16 Å². The summed E-state index contributed by atoms with van der Waals surface area (Å²) < 4.78 is 3.11. The molecule has 27 heavy (non-hydrogen) atoms. The molecule has 1 aromatic carbocycles. The minimum atomic E-state index is -0.180. The number of anilines is 1. The number of carbonyl (C=O) groups excluding carboxylic acids is 1. The van der Waals surface area contributed by atoms with Crippen molar-refractivity contribution in [3.63, 3.8) is 0 Å². The highest BCUT2D eigenvalue weighted by molar-refractivity contribution is 7.99. The van der Waals surface area contributed by atoms with Crippen molar-refractivity contribution in [2.75, 3.05) is 11.1 Å². The van der Waals surface area contributed by atoms with E-state index in [1.54, 1.807) is 29.7 Å².